The van der Waals surface area contributed by atoms with Gasteiger partial charge in [-0.1, -0.05) is 32.0 Å². The molecule has 0 saturated heterocycles. The molecule has 0 bridgehead atoms. The fraction of sp³-hybridized carbons (Fsp3) is 0.692. The van der Waals surface area contributed by atoms with E-state index in [4.69, 9.17) is 4.74 Å². The van der Waals surface area contributed by atoms with E-state index in [1.54, 1.807) is 0 Å². The van der Waals surface area contributed by atoms with Crippen LogP contribution < -0.4 is 0 Å². The highest BCUT2D eigenvalue weighted by molar-refractivity contribution is 5.89. The molecular weight excluding hydrogens is 360 g/mol. The Morgan fingerprint density at radius 1 is 0.966 bits per heavy atom. The number of esters is 1. The van der Waals surface area contributed by atoms with Crippen LogP contribution in [0, 0.1) is 34.5 Å². The topological polar surface area (TPSA) is 43.4 Å². The Hall–Kier alpha value is -1.64. The van der Waals surface area contributed by atoms with E-state index < -0.39 is 0 Å². The van der Waals surface area contributed by atoms with Crippen molar-refractivity contribution in [1.29, 1.82) is 0 Å². The number of ether oxygens (including phenoxy) is 1. The molecule has 1 aromatic carbocycles. The molecule has 4 saturated carbocycles. The average Bonchev–Trinajstić information content (AvgIpc) is 3.03. The van der Waals surface area contributed by atoms with Crippen molar-refractivity contribution in [2.75, 3.05) is 0 Å². The van der Waals surface area contributed by atoms with E-state index in [-0.39, 0.29) is 17.5 Å². The fourth-order valence-corrected chi connectivity index (χ4v) is 7.89. The SMILES string of the molecule is C[C@]12CC[C@@H](OC(=O)c3ccccc3)C[C@H]1CC[C@@H]1[C@@H]2CC[C@]2(C)C(=O)CC[C@@H]12. The standard InChI is InChI=1S/C26H34O3/c1-25-14-12-19(29-24(28)17-6-4-3-5-7-17)16-18(25)8-9-20-21-10-11-23(27)26(21,2)15-13-22(20)25/h3-7,18-22H,8-16H2,1-2H3/t18-,19-,20+,21+,22+,25+,26+/m1/s1. The van der Waals surface area contributed by atoms with Gasteiger partial charge in [-0.3, -0.25) is 4.79 Å². The van der Waals surface area contributed by atoms with Gasteiger partial charge in [-0.25, -0.2) is 4.79 Å². The first-order valence-corrected chi connectivity index (χ1v) is 11.7. The van der Waals surface area contributed by atoms with Crippen molar-refractivity contribution in [3.8, 4) is 0 Å². The van der Waals surface area contributed by atoms with Crippen molar-refractivity contribution in [1.82, 2.24) is 0 Å². The summed E-state index contributed by atoms with van der Waals surface area (Å²) in [5.41, 5.74) is 0.972. The number of carbonyl (C=O) groups is 2. The summed E-state index contributed by atoms with van der Waals surface area (Å²) in [7, 11) is 0. The van der Waals surface area contributed by atoms with Crippen LogP contribution in [-0.2, 0) is 9.53 Å². The van der Waals surface area contributed by atoms with Gasteiger partial charge in [0, 0.05) is 11.8 Å². The maximum absolute atomic E-state index is 12.6. The first-order chi connectivity index (χ1) is 13.9. The number of hydrogen-bond acceptors (Lipinski definition) is 3. The van der Waals surface area contributed by atoms with Crippen LogP contribution in [-0.4, -0.2) is 17.9 Å². The summed E-state index contributed by atoms with van der Waals surface area (Å²) in [6.07, 6.45) is 9.93. The smallest absolute Gasteiger partial charge is 0.338 e. The quantitative estimate of drug-likeness (QED) is 0.593. The van der Waals surface area contributed by atoms with E-state index in [1.165, 1.54) is 19.3 Å². The predicted octanol–water partition coefficient (Wildman–Crippen LogP) is 5.82. The predicted molar refractivity (Wildman–Crippen MR) is 112 cm³/mol. The summed E-state index contributed by atoms with van der Waals surface area (Å²) in [6, 6.07) is 9.37. The molecule has 0 heterocycles. The fourth-order valence-electron chi connectivity index (χ4n) is 7.89. The zero-order chi connectivity index (χ0) is 20.2. The molecule has 4 aliphatic carbocycles. The summed E-state index contributed by atoms with van der Waals surface area (Å²) in [5.74, 6) is 3.09. The van der Waals surface area contributed by atoms with Crippen LogP contribution in [0.5, 0.6) is 0 Å². The number of benzene rings is 1. The van der Waals surface area contributed by atoms with E-state index in [0.717, 1.165) is 50.4 Å². The zero-order valence-electron chi connectivity index (χ0n) is 17.9. The summed E-state index contributed by atoms with van der Waals surface area (Å²) >= 11 is 0. The zero-order valence-corrected chi connectivity index (χ0v) is 17.9. The highest BCUT2D eigenvalue weighted by Gasteiger charge is 2.60. The van der Waals surface area contributed by atoms with Gasteiger partial charge < -0.3 is 4.74 Å². The first-order valence-electron chi connectivity index (χ1n) is 11.7. The second kappa shape index (κ2) is 6.96. The Bertz CT molecular complexity index is 801. The van der Waals surface area contributed by atoms with Gasteiger partial charge >= 0.3 is 5.97 Å². The summed E-state index contributed by atoms with van der Waals surface area (Å²) < 4.78 is 5.92. The molecule has 7 atom stereocenters. The minimum Gasteiger partial charge on any atom is -0.459 e. The highest BCUT2D eigenvalue weighted by atomic mass is 16.5. The second-order valence-electron chi connectivity index (χ2n) is 10.7. The van der Waals surface area contributed by atoms with Crippen molar-refractivity contribution in [3.63, 3.8) is 0 Å². The van der Waals surface area contributed by atoms with Crippen LogP contribution in [0.25, 0.3) is 0 Å². The van der Waals surface area contributed by atoms with Gasteiger partial charge in [0.2, 0.25) is 0 Å². The Morgan fingerprint density at radius 2 is 1.76 bits per heavy atom. The van der Waals surface area contributed by atoms with Gasteiger partial charge in [0.15, 0.2) is 0 Å². The summed E-state index contributed by atoms with van der Waals surface area (Å²) in [4.78, 5) is 25.1. The number of hydrogen-bond donors (Lipinski definition) is 0. The molecule has 156 valence electrons. The normalized spacial score (nSPS) is 43.8. The lowest BCUT2D eigenvalue weighted by Gasteiger charge is -2.60. The van der Waals surface area contributed by atoms with E-state index in [1.807, 2.05) is 30.3 Å². The molecule has 0 radical (unpaired) electrons. The van der Waals surface area contributed by atoms with E-state index >= 15 is 0 Å². The van der Waals surface area contributed by atoms with E-state index in [2.05, 4.69) is 13.8 Å². The lowest BCUT2D eigenvalue weighted by Crippen LogP contribution is -2.54. The largest absolute Gasteiger partial charge is 0.459 e. The number of fused-ring (bicyclic) bond motifs is 5. The van der Waals surface area contributed by atoms with Gasteiger partial charge in [0.05, 0.1) is 5.56 Å². The first kappa shape index (κ1) is 19.3. The lowest BCUT2D eigenvalue weighted by atomic mass is 9.45. The molecule has 4 fully saturated rings. The molecule has 0 aromatic heterocycles. The molecule has 0 aliphatic heterocycles. The van der Waals surface area contributed by atoms with Crippen LogP contribution in [0.2, 0.25) is 0 Å². The van der Waals surface area contributed by atoms with Crippen LogP contribution in [0.1, 0.15) is 82.0 Å². The Balaban J connectivity index is 1.29. The van der Waals surface area contributed by atoms with Gasteiger partial charge in [-0.2, -0.15) is 0 Å². The molecule has 0 unspecified atom stereocenters. The van der Waals surface area contributed by atoms with Crippen molar-refractivity contribution in [3.05, 3.63) is 35.9 Å². The third-order valence-corrected chi connectivity index (χ3v) is 9.61. The van der Waals surface area contributed by atoms with Crippen LogP contribution >= 0.6 is 0 Å². The summed E-state index contributed by atoms with van der Waals surface area (Å²) in [5, 5.41) is 0. The van der Waals surface area contributed by atoms with Gasteiger partial charge in [-0.05, 0) is 92.6 Å². The number of carbonyl (C=O) groups excluding carboxylic acids is 2. The molecule has 29 heavy (non-hydrogen) atoms. The van der Waals surface area contributed by atoms with Gasteiger partial charge in [0.1, 0.15) is 11.9 Å². The molecule has 0 N–H and O–H groups in total. The number of rotatable bonds is 2. The van der Waals surface area contributed by atoms with Gasteiger partial charge in [0.25, 0.3) is 0 Å². The lowest BCUT2D eigenvalue weighted by molar-refractivity contribution is -0.142. The van der Waals surface area contributed by atoms with E-state index in [0.29, 0.717) is 28.6 Å². The van der Waals surface area contributed by atoms with Crippen molar-refractivity contribution >= 4 is 11.8 Å². The Kier molecular flexibility index (Phi) is 4.64. The molecule has 3 nitrogen and oxygen atoms in total. The van der Waals surface area contributed by atoms with Crippen LogP contribution in [0.15, 0.2) is 30.3 Å². The van der Waals surface area contributed by atoms with Crippen LogP contribution in [0.4, 0.5) is 0 Å². The number of ketones is 1. The molecule has 4 aliphatic rings. The minimum absolute atomic E-state index is 0.0349. The van der Waals surface area contributed by atoms with E-state index in [9.17, 15) is 9.59 Å². The molecule has 0 amide bonds. The minimum atomic E-state index is -0.175. The second-order valence-corrected chi connectivity index (χ2v) is 10.7. The molecule has 5 rings (SSSR count). The Labute approximate surface area is 174 Å². The Morgan fingerprint density at radius 3 is 2.55 bits per heavy atom. The number of Topliss-reactive ketones (excluding diaryl/α,β-unsaturated/α-hetero) is 1. The highest BCUT2D eigenvalue weighted by Crippen LogP contribution is 2.65. The van der Waals surface area contributed by atoms with Crippen LogP contribution in [0.3, 0.4) is 0 Å². The molecule has 0 spiro atoms. The third kappa shape index (κ3) is 2.99. The maximum Gasteiger partial charge on any atom is 0.338 e. The maximum atomic E-state index is 12.6. The third-order valence-electron chi connectivity index (χ3n) is 9.61. The molecule has 3 heteroatoms. The van der Waals surface area contributed by atoms with Crippen molar-refractivity contribution in [2.45, 2.75) is 77.7 Å². The monoisotopic (exact) mass is 394 g/mol. The summed E-state index contributed by atoms with van der Waals surface area (Å²) in [6.45, 7) is 4.78. The average molecular weight is 395 g/mol. The van der Waals surface area contributed by atoms with Crippen molar-refractivity contribution in [2.24, 2.45) is 34.5 Å². The van der Waals surface area contributed by atoms with Crippen molar-refractivity contribution < 1.29 is 14.3 Å². The van der Waals surface area contributed by atoms with Gasteiger partial charge in [-0.15, -0.1) is 0 Å². The molecular formula is C26H34O3. The molecule has 1 aromatic rings.